The quantitative estimate of drug-likeness (QED) is 0.874. The molecule has 8 heteroatoms. The number of rotatable bonds is 3. The fraction of sp³-hybridized carbons (Fsp3) is 0.533. The summed E-state index contributed by atoms with van der Waals surface area (Å²) in [5.74, 6) is -0.0540. The monoisotopic (exact) mass is 359 g/mol. The number of hydrogen-bond acceptors (Lipinski definition) is 4. The van der Waals surface area contributed by atoms with Crippen molar-refractivity contribution in [1.82, 2.24) is 9.62 Å². The maximum absolute atomic E-state index is 12.8. The lowest BCUT2D eigenvalue weighted by Gasteiger charge is -2.24. The first-order chi connectivity index (χ1) is 10.4. The van der Waals surface area contributed by atoms with Gasteiger partial charge in [-0.15, -0.1) is 12.4 Å². The largest absolute Gasteiger partial charge is 0.315 e. The molecule has 0 aromatic heterocycles. The summed E-state index contributed by atoms with van der Waals surface area (Å²) < 4.78 is 27.0. The molecule has 0 saturated carbocycles. The highest BCUT2D eigenvalue weighted by molar-refractivity contribution is 7.89. The standard InChI is InChI=1S/C15H21N3O3S.ClH/c1-11(19)18-8-6-12-3-4-14(9-15(12)18)22(20,21)17(2)13-5-7-16-10-13;/h3-4,9,13,16H,5-8,10H2,1-2H3;1H. The number of nitrogens with one attached hydrogen (secondary N) is 1. The minimum absolute atomic E-state index is 0. The molecule has 1 atom stereocenters. The van der Waals surface area contributed by atoms with Gasteiger partial charge in [-0.25, -0.2) is 8.42 Å². The second-order valence-electron chi connectivity index (χ2n) is 5.88. The zero-order valence-corrected chi connectivity index (χ0v) is 14.9. The van der Waals surface area contributed by atoms with Crippen molar-refractivity contribution in [3.05, 3.63) is 23.8 Å². The Balaban J connectivity index is 0.00000192. The number of halogens is 1. The van der Waals surface area contributed by atoms with Crippen LogP contribution in [0, 0.1) is 0 Å². The fourth-order valence-electron chi connectivity index (χ4n) is 3.16. The van der Waals surface area contributed by atoms with E-state index in [4.69, 9.17) is 0 Å². The zero-order valence-electron chi connectivity index (χ0n) is 13.3. The van der Waals surface area contributed by atoms with E-state index in [0.717, 1.165) is 30.6 Å². The Kier molecular flexibility index (Phi) is 5.35. The van der Waals surface area contributed by atoms with Gasteiger partial charge < -0.3 is 10.2 Å². The number of carbonyl (C=O) groups is 1. The molecule has 0 bridgehead atoms. The van der Waals surface area contributed by atoms with Crippen LogP contribution < -0.4 is 10.2 Å². The summed E-state index contributed by atoms with van der Waals surface area (Å²) in [7, 11) is -1.91. The molecular weight excluding hydrogens is 338 g/mol. The van der Waals surface area contributed by atoms with Crippen LogP contribution in [-0.2, 0) is 21.2 Å². The van der Waals surface area contributed by atoms with Gasteiger partial charge >= 0.3 is 0 Å². The van der Waals surface area contributed by atoms with E-state index in [1.807, 2.05) is 6.07 Å². The van der Waals surface area contributed by atoms with Crippen molar-refractivity contribution in [1.29, 1.82) is 0 Å². The number of nitrogens with zero attached hydrogens (tertiary/aromatic N) is 2. The van der Waals surface area contributed by atoms with Gasteiger partial charge in [0.15, 0.2) is 0 Å². The normalized spacial score (nSPS) is 20.5. The summed E-state index contributed by atoms with van der Waals surface area (Å²) in [6.07, 6.45) is 1.60. The Morgan fingerprint density at radius 2 is 2.13 bits per heavy atom. The van der Waals surface area contributed by atoms with E-state index in [1.165, 1.54) is 11.2 Å². The van der Waals surface area contributed by atoms with Crippen LogP contribution in [0.2, 0.25) is 0 Å². The molecule has 6 nitrogen and oxygen atoms in total. The molecule has 2 aliphatic heterocycles. The van der Waals surface area contributed by atoms with E-state index in [-0.39, 0.29) is 29.3 Å². The highest BCUT2D eigenvalue weighted by Gasteiger charge is 2.31. The van der Waals surface area contributed by atoms with E-state index in [1.54, 1.807) is 24.1 Å². The van der Waals surface area contributed by atoms with Crippen molar-refractivity contribution < 1.29 is 13.2 Å². The number of sulfonamides is 1. The fourth-order valence-corrected chi connectivity index (χ4v) is 4.56. The average molecular weight is 360 g/mol. The van der Waals surface area contributed by atoms with Gasteiger partial charge in [0.25, 0.3) is 0 Å². The van der Waals surface area contributed by atoms with Crippen molar-refractivity contribution in [2.75, 3.05) is 31.6 Å². The Morgan fingerprint density at radius 1 is 1.39 bits per heavy atom. The van der Waals surface area contributed by atoms with E-state index in [0.29, 0.717) is 13.1 Å². The van der Waals surface area contributed by atoms with Crippen LogP contribution in [0.5, 0.6) is 0 Å². The van der Waals surface area contributed by atoms with E-state index in [2.05, 4.69) is 5.32 Å². The SMILES string of the molecule is CC(=O)N1CCc2ccc(S(=O)(=O)N(C)C3CCNC3)cc21.Cl. The lowest BCUT2D eigenvalue weighted by molar-refractivity contribution is -0.116. The maximum Gasteiger partial charge on any atom is 0.243 e. The van der Waals surface area contributed by atoms with Gasteiger partial charge in [-0.2, -0.15) is 4.31 Å². The van der Waals surface area contributed by atoms with Crippen LogP contribution in [0.4, 0.5) is 5.69 Å². The highest BCUT2D eigenvalue weighted by Crippen LogP contribution is 2.32. The van der Waals surface area contributed by atoms with Gasteiger partial charge in [0.05, 0.1) is 4.90 Å². The first kappa shape index (κ1) is 18.2. The molecule has 3 rings (SSSR count). The molecule has 2 heterocycles. The molecule has 23 heavy (non-hydrogen) atoms. The molecule has 0 radical (unpaired) electrons. The van der Waals surface area contributed by atoms with Crippen molar-refractivity contribution in [3.63, 3.8) is 0 Å². The first-order valence-corrected chi connectivity index (χ1v) is 8.95. The summed E-state index contributed by atoms with van der Waals surface area (Å²) in [4.78, 5) is 13.6. The van der Waals surface area contributed by atoms with Crippen molar-refractivity contribution in [3.8, 4) is 0 Å². The number of hydrogen-bond donors (Lipinski definition) is 1. The molecule has 128 valence electrons. The molecule has 1 amide bonds. The number of fused-ring (bicyclic) bond motifs is 1. The van der Waals surface area contributed by atoms with E-state index < -0.39 is 10.0 Å². The molecular formula is C15H22ClN3O3S. The average Bonchev–Trinajstić information content (AvgIpc) is 3.14. The van der Waals surface area contributed by atoms with Gasteiger partial charge in [-0.3, -0.25) is 4.79 Å². The number of benzene rings is 1. The van der Waals surface area contributed by atoms with E-state index in [9.17, 15) is 13.2 Å². The minimum Gasteiger partial charge on any atom is -0.315 e. The van der Waals surface area contributed by atoms with Crippen LogP contribution in [0.1, 0.15) is 18.9 Å². The zero-order chi connectivity index (χ0) is 15.9. The molecule has 1 saturated heterocycles. The van der Waals surface area contributed by atoms with Gasteiger partial charge in [-0.1, -0.05) is 6.07 Å². The second kappa shape index (κ2) is 6.76. The van der Waals surface area contributed by atoms with Crippen LogP contribution in [0.3, 0.4) is 0 Å². The smallest absolute Gasteiger partial charge is 0.243 e. The van der Waals surface area contributed by atoms with Gasteiger partial charge in [-0.05, 0) is 37.1 Å². The summed E-state index contributed by atoms with van der Waals surface area (Å²) in [6.45, 7) is 3.65. The number of likely N-dealkylation sites (N-methyl/N-ethyl adjacent to an activating group) is 1. The van der Waals surface area contributed by atoms with Gasteiger partial charge in [0, 0.05) is 38.8 Å². The minimum atomic E-state index is -3.54. The number of amides is 1. The molecule has 2 aliphatic rings. The molecule has 1 aromatic rings. The summed E-state index contributed by atoms with van der Waals surface area (Å²) in [5, 5.41) is 3.18. The number of carbonyl (C=O) groups excluding carboxylic acids is 1. The molecule has 1 N–H and O–H groups in total. The third-order valence-electron chi connectivity index (χ3n) is 4.56. The van der Waals surface area contributed by atoms with Crippen LogP contribution in [0.15, 0.2) is 23.1 Å². The molecule has 1 aromatic carbocycles. The maximum atomic E-state index is 12.8. The Hall–Kier alpha value is -1.15. The predicted octanol–water partition coefficient (Wildman–Crippen LogP) is 1.000. The third-order valence-corrected chi connectivity index (χ3v) is 6.46. The Morgan fingerprint density at radius 3 is 2.74 bits per heavy atom. The van der Waals surface area contributed by atoms with Crippen molar-refractivity contribution >= 4 is 34.0 Å². The lowest BCUT2D eigenvalue weighted by Crippen LogP contribution is -2.38. The van der Waals surface area contributed by atoms with Crippen LogP contribution in [0.25, 0.3) is 0 Å². The second-order valence-corrected chi connectivity index (χ2v) is 7.88. The van der Waals surface area contributed by atoms with Crippen molar-refractivity contribution in [2.45, 2.75) is 30.7 Å². The molecule has 1 fully saturated rings. The van der Waals surface area contributed by atoms with Gasteiger partial charge in [0.2, 0.25) is 15.9 Å². The Bertz CT molecular complexity index is 702. The van der Waals surface area contributed by atoms with Crippen molar-refractivity contribution in [2.24, 2.45) is 0 Å². The van der Waals surface area contributed by atoms with Crippen LogP contribution >= 0.6 is 12.4 Å². The van der Waals surface area contributed by atoms with Gasteiger partial charge in [0.1, 0.15) is 0 Å². The molecule has 0 aliphatic carbocycles. The first-order valence-electron chi connectivity index (χ1n) is 7.51. The topological polar surface area (TPSA) is 69.7 Å². The summed E-state index contributed by atoms with van der Waals surface area (Å²) in [5.41, 5.74) is 1.76. The lowest BCUT2D eigenvalue weighted by atomic mass is 10.2. The predicted molar refractivity (Wildman–Crippen MR) is 91.6 cm³/mol. The van der Waals surface area contributed by atoms with Crippen LogP contribution in [-0.4, -0.2) is 51.4 Å². The number of anilines is 1. The summed E-state index contributed by atoms with van der Waals surface area (Å²) >= 11 is 0. The third kappa shape index (κ3) is 3.24. The molecule has 1 unspecified atom stereocenters. The highest BCUT2D eigenvalue weighted by atomic mass is 35.5. The Labute approximate surface area is 143 Å². The van der Waals surface area contributed by atoms with E-state index >= 15 is 0 Å². The molecule has 0 spiro atoms. The summed E-state index contributed by atoms with van der Waals surface area (Å²) in [6, 6.07) is 5.10.